The lowest BCUT2D eigenvalue weighted by Crippen LogP contribution is -2.20. The molecule has 0 aliphatic heterocycles. The number of hydrogen-bond acceptors (Lipinski definition) is 2. The third-order valence-electron chi connectivity index (χ3n) is 2.54. The maximum atomic E-state index is 10.8. The number of carboxylic acids is 1. The molecule has 0 aliphatic carbocycles. The van der Waals surface area contributed by atoms with Crippen LogP contribution in [0.3, 0.4) is 0 Å². The lowest BCUT2D eigenvalue weighted by Gasteiger charge is -2.23. The van der Waals surface area contributed by atoms with Gasteiger partial charge in [0.05, 0.1) is 13.5 Å². The van der Waals surface area contributed by atoms with Crippen molar-refractivity contribution in [3.63, 3.8) is 0 Å². The van der Waals surface area contributed by atoms with Crippen molar-refractivity contribution >= 4 is 21.9 Å². The third-order valence-corrected chi connectivity index (χ3v) is 3.03. The smallest absolute Gasteiger partial charge is 0.303 e. The molecule has 1 aromatic rings. The second-order valence-corrected chi connectivity index (χ2v) is 5.78. The van der Waals surface area contributed by atoms with E-state index in [-0.39, 0.29) is 11.8 Å². The molecule has 0 fully saturated rings. The molecule has 0 spiro atoms. The molecule has 0 amide bonds. The van der Waals surface area contributed by atoms with E-state index in [0.29, 0.717) is 6.42 Å². The highest BCUT2D eigenvalue weighted by Gasteiger charge is 2.23. The van der Waals surface area contributed by atoms with Gasteiger partial charge in [0.25, 0.3) is 0 Å². The molecule has 0 aromatic heterocycles. The first-order valence-corrected chi connectivity index (χ1v) is 6.17. The molecule has 0 saturated carbocycles. The zero-order chi connectivity index (χ0) is 13.1. The Hall–Kier alpha value is -1.03. The molecule has 0 heterocycles. The van der Waals surface area contributed by atoms with Crippen LogP contribution in [-0.2, 0) is 11.2 Å². The standard InChI is InChI=1S/C13H17BrO3/c1-13(2,8-12(15)16)7-9-6-10(14)4-5-11(9)17-3/h4-6H,7-8H2,1-3H3,(H,15,16). The number of aliphatic carboxylic acids is 1. The summed E-state index contributed by atoms with van der Waals surface area (Å²) in [6.07, 6.45) is 0.810. The Morgan fingerprint density at radius 2 is 2.12 bits per heavy atom. The first kappa shape index (κ1) is 14.0. The predicted octanol–water partition coefficient (Wildman–Crippen LogP) is 3.50. The average molecular weight is 301 g/mol. The SMILES string of the molecule is COc1ccc(Br)cc1CC(C)(C)CC(=O)O. The molecule has 3 nitrogen and oxygen atoms in total. The van der Waals surface area contributed by atoms with E-state index in [1.54, 1.807) is 7.11 Å². The number of hydrogen-bond donors (Lipinski definition) is 1. The minimum atomic E-state index is -0.774. The van der Waals surface area contributed by atoms with E-state index in [1.807, 2.05) is 32.0 Å². The van der Waals surface area contributed by atoms with E-state index < -0.39 is 5.97 Å². The number of halogens is 1. The third kappa shape index (κ3) is 4.38. The first-order valence-electron chi connectivity index (χ1n) is 5.38. The van der Waals surface area contributed by atoms with E-state index >= 15 is 0 Å². The number of rotatable bonds is 5. The van der Waals surface area contributed by atoms with E-state index in [1.165, 1.54) is 0 Å². The molecule has 17 heavy (non-hydrogen) atoms. The molecule has 94 valence electrons. The summed E-state index contributed by atoms with van der Waals surface area (Å²) in [5, 5.41) is 8.87. The lowest BCUT2D eigenvalue weighted by molar-refractivity contribution is -0.139. The Bertz CT molecular complexity index is 413. The molecule has 0 saturated heterocycles. The summed E-state index contributed by atoms with van der Waals surface area (Å²) < 4.78 is 6.25. The van der Waals surface area contributed by atoms with Crippen LogP contribution in [0.1, 0.15) is 25.8 Å². The molecule has 1 N–H and O–H groups in total. The molecule has 0 radical (unpaired) electrons. The Kier molecular flexibility index (Phi) is 4.57. The molecular weight excluding hydrogens is 284 g/mol. The van der Waals surface area contributed by atoms with Gasteiger partial charge in [-0.3, -0.25) is 4.79 Å². The second-order valence-electron chi connectivity index (χ2n) is 4.87. The van der Waals surface area contributed by atoms with Crippen molar-refractivity contribution in [1.29, 1.82) is 0 Å². The molecule has 1 rings (SSSR count). The lowest BCUT2D eigenvalue weighted by atomic mass is 9.82. The monoisotopic (exact) mass is 300 g/mol. The van der Waals surface area contributed by atoms with Gasteiger partial charge in [-0.15, -0.1) is 0 Å². The Balaban J connectivity index is 2.93. The van der Waals surface area contributed by atoms with Crippen molar-refractivity contribution in [2.75, 3.05) is 7.11 Å². The fourth-order valence-corrected chi connectivity index (χ4v) is 2.28. The molecule has 0 unspecified atom stereocenters. The molecule has 4 heteroatoms. The Morgan fingerprint density at radius 1 is 1.47 bits per heavy atom. The fourth-order valence-electron chi connectivity index (χ4n) is 1.87. The van der Waals surface area contributed by atoms with Gasteiger partial charge in [-0.25, -0.2) is 0 Å². The van der Waals surface area contributed by atoms with Gasteiger partial charge in [0.2, 0.25) is 0 Å². The maximum Gasteiger partial charge on any atom is 0.303 e. The van der Waals surface area contributed by atoms with Crippen LogP contribution in [0, 0.1) is 5.41 Å². The zero-order valence-electron chi connectivity index (χ0n) is 10.3. The van der Waals surface area contributed by atoms with Gasteiger partial charge in [0.1, 0.15) is 5.75 Å². The van der Waals surface area contributed by atoms with Crippen molar-refractivity contribution in [3.8, 4) is 5.75 Å². The van der Waals surface area contributed by atoms with E-state index in [9.17, 15) is 4.79 Å². The van der Waals surface area contributed by atoms with E-state index in [4.69, 9.17) is 9.84 Å². The first-order chi connectivity index (χ1) is 7.84. The van der Waals surface area contributed by atoms with Crippen molar-refractivity contribution in [3.05, 3.63) is 28.2 Å². The number of benzene rings is 1. The minimum absolute atomic E-state index is 0.142. The van der Waals surface area contributed by atoms with Crippen LogP contribution in [0.5, 0.6) is 5.75 Å². The number of ether oxygens (including phenoxy) is 1. The largest absolute Gasteiger partial charge is 0.496 e. The normalized spacial score (nSPS) is 11.3. The Labute approximate surface area is 110 Å². The summed E-state index contributed by atoms with van der Waals surface area (Å²) in [5.41, 5.74) is 0.730. The van der Waals surface area contributed by atoms with Gasteiger partial charge in [0.15, 0.2) is 0 Å². The summed E-state index contributed by atoms with van der Waals surface area (Å²) in [6, 6.07) is 5.77. The van der Waals surface area contributed by atoms with Crippen molar-refractivity contribution in [2.24, 2.45) is 5.41 Å². The van der Waals surface area contributed by atoms with Crippen LogP contribution in [0.4, 0.5) is 0 Å². The molecule has 0 bridgehead atoms. The van der Waals surface area contributed by atoms with Gasteiger partial charge in [0, 0.05) is 4.47 Å². The van der Waals surface area contributed by atoms with Crippen molar-refractivity contribution in [2.45, 2.75) is 26.7 Å². The highest BCUT2D eigenvalue weighted by molar-refractivity contribution is 9.10. The van der Waals surface area contributed by atoms with Gasteiger partial charge in [-0.2, -0.15) is 0 Å². The molecule has 0 atom stereocenters. The molecular formula is C13H17BrO3. The van der Waals surface area contributed by atoms with Gasteiger partial charge in [-0.05, 0) is 35.6 Å². The predicted molar refractivity (Wildman–Crippen MR) is 70.4 cm³/mol. The van der Waals surface area contributed by atoms with Gasteiger partial charge in [-0.1, -0.05) is 29.8 Å². The number of methoxy groups -OCH3 is 1. The van der Waals surface area contributed by atoms with Gasteiger partial charge < -0.3 is 9.84 Å². The quantitative estimate of drug-likeness (QED) is 0.905. The summed E-state index contributed by atoms with van der Waals surface area (Å²) in [4.78, 5) is 10.8. The van der Waals surface area contributed by atoms with Crippen LogP contribution in [0.25, 0.3) is 0 Å². The van der Waals surface area contributed by atoms with Crippen LogP contribution < -0.4 is 4.74 Å². The summed E-state index contributed by atoms with van der Waals surface area (Å²) in [5.74, 6) is 0.0237. The summed E-state index contributed by atoms with van der Waals surface area (Å²) in [6.45, 7) is 3.89. The van der Waals surface area contributed by atoms with Gasteiger partial charge >= 0.3 is 5.97 Å². The second kappa shape index (κ2) is 5.54. The fraction of sp³-hybridized carbons (Fsp3) is 0.462. The highest BCUT2D eigenvalue weighted by Crippen LogP contribution is 2.32. The van der Waals surface area contributed by atoms with E-state index in [2.05, 4.69) is 15.9 Å². The maximum absolute atomic E-state index is 10.8. The van der Waals surface area contributed by atoms with Crippen LogP contribution in [-0.4, -0.2) is 18.2 Å². The highest BCUT2D eigenvalue weighted by atomic mass is 79.9. The van der Waals surface area contributed by atoms with Crippen molar-refractivity contribution in [1.82, 2.24) is 0 Å². The van der Waals surface area contributed by atoms with Crippen LogP contribution >= 0.6 is 15.9 Å². The average Bonchev–Trinajstić information content (AvgIpc) is 2.14. The minimum Gasteiger partial charge on any atom is -0.496 e. The summed E-state index contributed by atoms with van der Waals surface area (Å²) in [7, 11) is 1.62. The Morgan fingerprint density at radius 3 is 2.65 bits per heavy atom. The van der Waals surface area contributed by atoms with Crippen molar-refractivity contribution < 1.29 is 14.6 Å². The number of carbonyl (C=O) groups is 1. The topological polar surface area (TPSA) is 46.5 Å². The summed E-state index contributed by atoms with van der Waals surface area (Å²) >= 11 is 3.41. The molecule has 0 aliphatic rings. The number of carboxylic acid groups (broad SMARTS) is 1. The molecule has 1 aromatic carbocycles. The zero-order valence-corrected chi connectivity index (χ0v) is 11.9. The van der Waals surface area contributed by atoms with Crippen LogP contribution in [0.15, 0.2) is 22.7 Å². The van der Waals surface area contributed by atoms with E-state index in [0.717, 1.165) is 15.8 Å². The van der Waals surface area contributed by atoms with Crippen LogP contribution in [0.2, 0.25) is 0 Å².